The second-order valence-electron chi connectivity index (χ2n) is 6.05. The lowest BCUT2D eigenvalue weighted by atomic mass is 10.0. The first-order valence-electron chi connectivity index (χ1n) is 8.11. The molecule has 2 aliphatic heterocycles. The van der Waals surface area contributed by atoms with Gasteiger partial charge in [-0.15, -0.1) is 0 Å². The highest BCUT2D eigenvalue weighted by Gasteiger charge is 2.32. The Bertz CT molecular complexity index is 873. The average Bonchev–Trinajstić information content (AvgIpc) is 3.10. The summed E-state index contributed by atoms with van der Waals surface area (Å²) in [6, 6.07) is 5.18. The summed E-state index contributed by atoms with van der Waals surface area (Å²) in [5.74, 6) is 1.88. The van der Waals surface area contributed by atoms with Crippen LogP contribution in [0.2, 0.25) is 0 Å². The molecule has 1 atom stereocenters. The number of amides is 1. The average molecular weight is 341 g/mol. The summed E-state index contributed by atoms with van der Waals surface area (Å²) < 4.78 is 12.8. The maximum atomic E-state index is 12.9. The maximum Gasteiger partial charge on any atom is 0.255 e. The van der Waals surface area contributed by atoms with Crippen LogP contribution in [0.25, 0.3) is 0 Å². The summed E-state index contributed by atoms with van der Waals surface area (Å²) >= 11 is 0. The van der Waals surface area contributed by atoms with E-state index in [0.29, 0.717) is 36.0 Å². The van der Waals surface area contributed by atoms with Crippen LogP contribution < -0.4 is 19.7 Å². The molecule has 0 saturated carbocycles. The molecule has 2 aliphatic rings. The van der Waals surface area contributed by atoms with Crippen molar-refractivity contribution < 1.29 is 14.3 Å². The molecule has 0 aliphatic carbocycles. The molecule has 0 spiro atoms. The number of anilines is 2. The number of aromatic nitrogens is 3. The highest BCUT2D eigenvalue weighted by Crippen LogP contribution is 2.35. The third-order valence-corrected chi connectivity index (χ3v) is 4.58. The van der Waals surface area contributed by atoms with E-state index in [1.54, 1.807) is 22.9 Å². The van der Waals surface area contributed by atoms with Gasteiger partial charge in [0.2, 0.25) is 5.95 Å². The van der Waals surface area contributed by atoms with Crippen molar-refractivity contribution in [3.05, 3.63) is 35.8 Å². The topological polar surface area (TPSA) is 81.5 Å². The van der Waals surface area contributed by atoms with Gasteiger partial charge >= 0.3 is 0 Å². The molecule has 8 nitrogen and oxygen atoms in total. The predicted molar refractivity (Wildman–Crippen MR) is 91.9 cm³/mol. The van der Waals surface area contributed by atoms with Gasteiger partial charge in [-0.1, -0.05) is 0 Å². The fourth-order valence-corrected chi connectivity index (χ4v) is 3.19. The number of hydrogen-bond acceptors (Lipinski definition) is 6. The number of ether oxygens (including phenoxy) is 2. The van der Waals surface area contributed by atoms with Crippen LogP contribution in [0.15, 0.2) is 35.8 Å². The number of allylic oxidation sites excluding steroid dienone is 1. The molecule has 2 aromatic rings. The molecule has 0 bridgehead atoms. The molecule has 1 amide bonds. The quantitative estimate of drug-likeness (QED) is 0.899. The Morgan fingerprint density at radius 1 is 1.28 bits per heavy atom. The van der Waals surface area contributed by atoms with Gasteiger partial charge in [0, 0.05) is 24.5 Å². The molecule has 1 aromatic heterocycles. The Morgan fingerprint density at radius 3 is 2.84 bits per heavy atom. The van der Waals surface area contributed by atoms with Crippen molar-refractivity contribution in [3.63, 3.8) is 0 Å². The Kier molecular flexibility index (Phi) is 3.60. The highest BCUT2D eigenvalue weighted by molar-refractivity contribution is 6.05. The summed E-state index contributed by atoms with van der Waals surface area (Å²) in [6.45, 7) is 4.89. The smallest absolute Gasteiger partial charge is 0.255 e. The minimum atomic E-state index is -0.203. The van der Waals surface area contributed by atoms with E-state index in [0.717, 1.165) is 11.6 Å². The first kappa shape index (κ1) is 15.5. The molecule has 0 fully saturated rings. The Labute approximate surface area is 145 Å². The van der Waals surface area contributed by atoms with E-state index in [4.69, 9.17) is 9.47 Å². The molecular weight excluding hydrogens is 322 g/mol. The zero-order valence-corrected chi connectivity index (χ0v) is 14.3. The highest BCUT2D eigenvalue weighted by atomic mass is 16.6. The summed E-state index contributed by atoms with van der Waals surface area (Å²) in [7, 11) is 1.87. The van der Waals surface area contributed by atoms with Crippen molar-refractivity contribution in [2.24, 2.45) is 0 Å². The summed E-state index contributed by atoms with van der Waals surface area (Å²) in [5.41, 5.74) is 2.16. The minimum Gasteiger partial charge on any atom is -0.486 e. The van der Waals surface area contributed by atoms with Gasteiger partial charge in [0.15, 0.2) is 11.5 Å². The third kappa shape index (κ3) is 2.50. The zero-order chi connectivity index (χ0) is 17.6. The van der Waals surface area contributed by atoms with E-state index < -0.39 is 0 Å². The normalized spacial score (nSPS) is 18.8. The van der Waals surface area contributed by atoms with Crippen LogP contribution in [0.3, 0.4) is 0 Å². The fourth-order valence-electron chi connectivity index (χ4n) is 3.19. The summed E-state index contributed by atoms with van der Waals surface area (Å²) in [6.07, 6.45) is 1.50. The van der Waals surface area contributed by atoms with Gasteiger partial charge in [-0.25, -0.2) is 4.68 Å². The Morgan fingerprint density at radius 2 is 2.04 bits per heavy atom. The number of hydrogen-bond donors (Lipinski definition) is 1. The second-order valence-corrected chi connectivity index (χ2v) is 6.05. The molecule has 1 aromatic carbocycles. The molecule has 3 heterocycles. The Hall–Kier alpha value is -3.03. The third-order valence-electron chi connectivity index (χ3n) is 4.58. The SMILES string of the molecule is CC1=C(C(=O)Nc2ccc3c(c2)OCCO3)[C@H](C)n2ncnc2N1C. The molecule has 25 heavy (non-hydrogen) atoms. The predicted octanol–water partition coefficient (Wildman–Crippen LogP) is 1.97. The van der Waals surface area contributed by atoms with Gasteiger partial charge in [0.1, 0.15) is 19.5 Å². The molecular formula is C17H19N5O3. The summed E-state index contributed by atoms with van der Waals surface area (Å²) in [4.78, 5) is 19.0. The van der Waals surface area contributed by atoms with E-state index in [1.807, 2.05) is 25.8 Å². The first-order chi connectivity index (χ1) is 12.1. The lowest BCUT2D eigenvalue weighted by molar-refractivity contribution is -0.113. The number of carbonyl (C=O) groups excluding carboxylic acids is 1. The van der Waals surface area contributed by atoms with Crippen LogP contribution in [0.5, 0.6) is 11.5 Å². The minimum absolute atomic E-state index is 0.172. The maximum absolute atomic E-state index is 12.9. The molecule has 8 heteroatoms. The van der Waals surface area contributed by atoms with Crippen LogP contribution in [-0.2, 0) is 4.79 Å². The molecule has 0 radical (unpaired) electrons. The molecule has 4 rings (SSSR count). The van der Waals surface area contributed by atoms with E-state index >= 15 is 0 Å². The monoisotopic (exact) mass is 341 g/mol. The molecule has 130 valence electrons. The number of nitrogens with zero attached hydrogens (tertiary/aromatic N) is 4. The van der Waals surface area contributed by atoms with Crippen LogP contribution >= 0.6 is 0 Å². The zero-order valence-electron chi connectivity index (χ0n) is 14.3. The van der Waals surface area contributed by atoms with Crippen LogP contribution in [-0.4, -0.2) is 40.9 Å². The van der Waals surface area contributed by atoms with E-state index in [1.165, 1.54) is 6.33 Å². The van der Waals surface area contributed by atoms with Crippen molar-refractivity contribution in [1.82, 2.24) is 14.8 Å². The molecule has 0 saturated heterocycles. The van der Waals surface area contributed by atoms with Crippen LogP contribution in [0, 0.1) is 0 Å². The van der Waals surface area contributed by atoms with Gasteiger partial charge in [-0.2, -0.15) is 10.1 Å². The van der Waals surface area contributed by atoms with Crippen molar-refractivity contribution >= 4 is 17.5 Å². The van der Waals surface area contributed by atoms with Crippen LogP contribution in [0.1, 0.15) is 19.9 Å². The van der Waals surface area contributed by atoms with Gasteiger partial charge in [-0.3, -0.25) is 4.79 Å². The number of fused-ring (bicyclic) bond motifs is 2. The lowest BCUT2D eigenvalue weighted by Gasteiger charge is -2.31. The molecule has 0 unspecified atom stereocenters. The number of rotatable bonds is 2. The standard InChI is InChI=1S/C17H19N5O3/c1-10-15(11(2)22-17(21(10)3)18-9-19-22)16(23)20-12-4-5-13-14(8-12)25-7-6-24-13/h4-5,8-9,11H,6-7H2,1-3H3,(H,20,23)/t11-/m0/s1. The van der Waals surface area contributed by atoms with Gasteiger partial charge < -0.3 is 19.7 Å². The van der Waals surface area contributed by atoms with Crippen LogP contribution in [0.4, 0.5) is 11.6 Å². The van der Waals surface area contributed by atoms with E-state index in [2.05, 4.69) is 15.4 Å². The largest absolute Gasteiger partial charge is 0.486 e. The van der Waals surface area contributed by atoms with Crippen molar-refractivity contribution in [2.75, 3.05) is 30.5 Å². The number of benzene rings is 1. The number of carbonyl (C=O) groups is 1. The van der Waals surface area contributed by atoms with Crippen molar-refractivity contribution in [1.29, 1.82) is 0 Å². The Balaban J connectivity index is 1.61. The van der Waals surface area contributed by atoms with Gasteiger partial charge in [0.25, 0.3) is 5.91 Å². The summed E-state index contributed by atoms with van der Waals surface area (Å²) in [5, 5.41) is 7.18. The lowest BCUT2D eigenvalue weighted by Crippen LogP contribution is -2.34. The number of nitrogens with one attached hydrogen (secondary N) is 1. The van der Waals surface area contributed by atoms with Crippen molar-refractivity contribution in [3.8, 4) is 11.5 Å². The van der Waals surface area contributed by atoms with Gasteiger partial charge in [-0.05, 0) is 26.0 Å². The molecule has 1 N–H and O–H groups in total. The first-order valence-corrected chi connectivity index (χ1v) is 8.11. The van der Waals surface area contributed by atoms with E-state index in [9.17, 15) is 4.79 Å². The fraction of sp³-hybridized carbons (Fsp3) is 0.353. The second kappa shape index (κ2) is 5.80. The van der Waals surface area contributed by atoms with Gasteiger partial charge in [0.05, 0.1) is 11.6 Å². The van der Waals surface area contributed by atoms with Crippen molar-refractivity contribution in [2.45, 2.75) is 19.9 Å². The van der Waals surface area contributed by atoms with E-state index in [-0.39, 0.29) is 11.9 Å².